The van der Waals surface area contributed by atoms with Crippen molar-refractivity contribution in [2.75, 3.05) is 11.1 Å². The predicted molar refractivity (Wildman–Crippen MR) is 116 cm³/mol. The normalized spacial score (nSPS) is 11.3. The van der Waals surface area contributed by atoms with Crippen molar-refractivity contribution in [1.82, 2.24) is 9.55 Å². The van der Waals surface area contributed by atoms with Gasteiger partial charge in [0, 0.05) is 17.6 Å². The van der Waals surface area contributed by atoms with Crippen LogP contribution >= 0.6 is 23.4 Å². The van der Waals surface area contributed by atoms with E-state index in [4.69, 9.17) is 11.6 Å². The van der Waals surface area contributed by atoms with Gasteiger partial charge in [0.05, 0.1) is 22.3 Å². The number of benzene rings is 2. The highest BCUT2D eigenvalue weighted by atomic mass is 35.5. The van der Waals surface area contributed by atoms with Crippen LogP contribution in [0.4, 0.5) is 14.5 Å². The molecule has 3 rings (SSSR count). The zero-order valence-corrected chi connectivity index (χ0v) is 18.0. The summed E-state index contributed by atoms with van der Waals surface area (Å²) in [7, 11) is 0. The summed E-state index contributed by atoms with van der Waals surface area (Å²) in [5, 5.41) is 3.68. The molecule has 0 aliphatic carbocycles. The van der Waals surface area contributed by atoms with Crippen LogP contribution < -0.4 is 10.9 Å². The lowest BCUT2D eigenvalue weighted by Crippen LogP contribution is -2.25. The Balaban J connectivity index is 1.84. The van der Waals surface area contributed by atoms with E-state index in [1.807, 2.05) is 0 Å². The molecular formula is C21H20ClF2N3O2S. The summed E-state index contributed by atoms with van der Waals surface area (Å²) in [5.74, 6) is -1.81. The number of hydrogen-bond acceptors (Lipinski definition) is 4. The van der Waals surface area contributed by atoms with Crippen LogP contribution in [0.5, 0.6) is 0 Å². The van der Waals surface area contributed by atoms with E-state index in [2.05, 4.69) is 24.1 Å². The average molecular weight is 452 g/mol. The minimum absolute atomic E-state index is 0.100. The van der Waals surface area contributed by atoms with E-state index in [0.717, 1.165) is 30.3 Å². The second-order valence-electron chi connectivity index (χ2n) is 7.16. The summed E-state index contributed by atoms with van der Waals surface area (Å²) in [6, 6.07) is 7.78. The third-order valence-electron chi connectivity index (χ3n) is 4.35. The number of thioether (sulfide) groups is 1. The standard InChI is InChI=1S/C21H20ClF2N3O2S/c1-12(2)7-8-27-20(29)15-5-3-13(22)9-18(15)26-21(27)30-11-19(28)25-17-6-4-14(23)10-16(17)24/h3-6,9-10,12H,7-8,11H2,1-2H3,(H,25,28). The van der Waals surface area contributed by atoms with Gasteiger partial charge in [-0.05, 0) is 42.7 Å². The van der Waals surface area contributed by atoms with Crippen molar-refractivity contribution < 1.29 is 13.6 Å². The number of nitrogens with zero attached hydrogens (tertiary/aromatic N) is 2. The van der Waals surface area contributed by atoms with Crippen LogP contribution in [0.1, 0.15) is 20.3 Å². The van der Waals surface area contributed by atoms with E-state index < -0.39 is 17.5 Å². The number of rotatable bonds is 7. The van der Waals surface area contributed by atoms with E-state index in [0.29, 0.717) is 39.6 Å². The monoisotopic (exact) mass is 451 g/mol. The van der Waals surface area contributed by atoms with Gasteiger partial charge in [0.1, 0.15) is 11.6 Å². The number of anilines is 1. The highest BCUT2D eigenvalue weighted by Gasteiger charge is 2.15. The molecule has 0 aliphatic rings. The number of aromatic nitrogens is 2. The van der Waals surface area contributed by atoms with Crippen molar-refractivity contribution >= 4 is 45.9 Å². The molecule has 0 atom stereocenters. The lowest BCUT2D eigenvalue weighted by molar-refractivity contribution is -0.113. The first-order valence-electron chi connectivity index (χ1n) is 9.32. The van der Waals surface area contributed by atoms with Gasteiger partial charge in [-0.3, -0.25) is 14.2 Å². The van der Waals surface area contributed by atoms with Gasteiger partial charge in [-0.25, -0.2) is 13.8 Å². The van der Waals surface area contributed by atoms with E-state index in [1.54, 1.807) is 22.8 Å². The molecule has 30 heavy (non-hydrogen) atoms. The SMILES string of the molecule is CC(C)CCn1c(SCC(=O)Nc2ccc(F)cc2F)nc2cc(Cl)ccc2c1=O. The fourth-order valence-corrected chi connectivity index (χ4v) is 3.77. The van der Waals surface area contributed by atoms with Gasteiger partial charge in [-0.15, -0.1) is 0 Å². The molecule has 0 radical (unpaired) electrons. The van der Waals surface area contributed by atoms with E-state index >= 15 is 0 Å². The molecule has 0 spiro atoms. The molecule has 0 unspecified atom stereocenters. The molecule has 1 N–H and O–H groups in total. The molecule has 1 amide bonds. The zero-order valence-electron chi connectivity index (χ0n) is 16.4. The van der Waals surface area contributed by atoms with Gasteiger partial charge < -0.3 is 5.32 Å². The summed E-state index contributed by atoms with van der Waals surface area (Å²) < 4.78 is 28.3. The highest BCUT2D eigenvalue weighted by molar-refractivity contribution is 7.99. The maximum Gasteiger partial charge on any atom is 0.262 e. The number of amides is 1. The zero-order chi connectivity index (χ0) is 21.8. The molecule has 3 aromatic rings. The first kappa shape index (κ1) is 22.2. The second kappa shape index (κ2) is 9.57. The lowest BCUT2D eigenvalue weighted by atomic mass is 10.1. The second-order valence-corrected chi connectivity index (χ2v) is 8.54. The van der Waals surface area contributed by atoms with Crippen molar-refractivity contribution in [2.24, 2.45) is 5.92 Å². The molecular weight excluding hydrogens is 432 g/mol. The minimum Gasteiger partial charge on any atom is -0.323 e. The van der Waals surface area contributed by atoms with Crippen molar-refractivity contribution in [3.63, 3.8) is 0 Å². The van der Waals surface area contributed by atoms with Crippen molar-refractivity contribution in [3.8, 4) is 0 Å². The first-order chi connectivity index (χ1) is 14.2. The maximum atomic E-state index is 13.7. The van der Waals surface area contributed by atoms with Crippen LogP contribution in [0, 0.1) is 17.6 Å². The number of halogens is 3. The molecule has 0 saturated heterocycles. The van der Waals surface area contributed by atoms with Gasteiger partial charge in [0.15, 0.2) is 5.16 Å². The molecule has 1 aromatic heterocycles. The number of fused-ring (bicyclic) bond motifs is 1. The van der Waals surface area contributed by atoms with E-state index in [-0.39, 0.29) is 17.0 Å². The van der Waals surface area contributed by atoms with Crippen molar-refractivity contribution in [3.05, 3.63) is 63.4 Å². The Morgan fingerprint density at radius 2 is 2.00 bits per heavy atom. The molecule has 5 nitrogen and oxygen atoms in total. The van der Waals surface area contributed by atoms with Gasteiger partial charge >= 0.3 is 0 Å². The number of hydrogen-bond donors (Lipinski definition) is 1. The minimum atomic E-state index is -0.860. The highest BCUT2D eigenvalue weighted by Crippen LogP contribution is 2.22. The van der Waals surface area contributed by atoms with Gasteiger partial charge in [-0.2, -0.15) is 0 Å². The topological polar surface area (TPSA) is 64.0 Å². The Morgan fingerprint density at radius 1 is 1.23 bits per heavy atom. The first-order valence-corrected chi connectivity index (χ1v) is 10.7. The summed E-state index contributed by atoms with van der Waals surface area (Å²) in [6.07, 6.45) is 0.765. The smallest absolute Gasteiger partial charge is 0.262 e. The molecule has 0 fully saturated rings. The van der Waals surface area contributed by atoms with E-state index in [9.17, 15) is 18.4 Å². The average Bonchev–Trinajstić information content (AvgIpc) is 2.67. The van der Waals surface area contributed by atoms with Crippen LogP contribution in [0.2, 0.25) is 5.02 Å². The van der Waals surface area contributed by atoms with Gasteiger partial charge in [-0.1, -0.05) is 37.2 Å². The molecule has 0 saturated carbocycles. The third kappa shape index (κ3) is 5.37. The van der Waals surface area contributed by atoms with Gasteiger partial charge in [0.25, 0.3) is 5.56 Å². The Bertz CT molecular complexity index is 1150. The van der Waals surface area contributed by atoms with Crippen LogP contribution in [0.3, 0.4) is 0 Å². The number of nitrogens with one attached hydrogen (secondary N) is 1. The van der Waals surface area contributed by atoms with E-state index in [1.165, 1.54) is 0 Å². The fourth-order valence-electron chi connectivity index (χ4n) is 2.78. The fraction of sp³-hybridized carbons (Fsp3) is 0.286. The van der Waals surface area contributed by atoms with Gasteiger partial charge in [0.2, 0.25) is 5.91 Å². The molecule has 9 heteroatoms. The van der Waals surface area contributed by atoms with Crippen LogP contribution in [-0.4, -0.2) is 21.2 Å². The van der Waals surface area contributed by atoms with Crippen LogP contribution in [0.25, 0.3) is 10.9 Å². The Hall–Kier alpha value is -2.45. The summed E-state index contributed by atoms with van der Waals surface area (Å²) in [6.45, 7) is 4.56. The van der Waals surface area contributed by atoms with Crippen LogP contribution in [-0.2, 0) is 11.3 Å². The Labute approximate surface area is 181 Å². The quantitative estimate of drug-likeness (QED) is 0.400. The lowest BCUT2D eigenvalue weighted by Gasteiger charge is -2.14. The third-order valence-corrected chi connectivity index (χ3v) is 5.56. The molecule has 1 heterocycles. The molecule has 0 aliphatic heterocycles. The number of carbonyl (C=O) groups is 1. The van der Waals surface area contributed by atoms with Crippen LogP contribution in [0.15, 0.2) is 46.3 Å². The Morgan fingerprint density at radius 3 is 2.70 bits per heavy atom. The summed E-state index contributed by atoms with van der Waals surface area (Å²) >= 11 is 7.10. The molecule has 158 valence electrons. The Kier molecular flexibility index (Phi) is 7.10. The predicted octanol–water partition coefficient (Wildman–Crippen LogP) is 5.11. The summed E-state index contributed by atoms with van der Waals surface area (Å²) in [5.41, 5.74) is 0.128. The number of carbonyl (C=O) groups excluding carboxylic acids is 1. The molecule has 0 bridgehead atoms. The molecule has 2 aromatic carbocycles. The largest absolute Gasteiger partial charge is 0.323 e. The summed E-state index contributed by atoms with van der Waals surface area (Å²) in [4.78, 5) is 29.8. The van der Waals surface area contributed by atoms with Crippen molar-refractivity contribution in [1.29, 1.82) is 0 Å². The van der Waals surface area contributed by atoms with Crippen molar-refractivity contribution in [2.45, 2.75) is 32.0 Å². The maximum absolute atomic E-state index is 13.7.